The maximum atomic E-state index is 13.1. The van der Waals surface area contributed by atoms with Gasteiger partial charge in [0.15, 0.2) is 0 Å². The van der Waals surface area contributed by atoms with Crippen LogP contribution in [0.15, 0.2) is 53.6 Å². The molecule has 31 heavy (non-hydrogen) atoms. The maximum Gasteiger partial charge on any atom is 0.451 e. The topological polar surface area (TPSA) is 73.3 Å². The quantitative estimate of drug-likeness (QED) is 0.297. The van der Waals surface area contributed by atoms with Crippen molar-refractivity contribution in [2.24, 2.45) is 0 Å². The number of aromatic nitrogens is 2. The number of amides is 1. The lowest BCUT2D eigenvalue weighted by atomic mass is 10.2. The summed E-state index contributed by atoms with van der Waals surface area (Å²) >= 11 is 0.931. The number of thioether (sulfide) groups is 1. The van der Waals surface area contributed by atoms with Crippen molar-refractivity contribution in [1.82, 2.24) is 15.3 Å². The van der Waals surface area contributed by atoms with Crippen LogP contribution in [0, 0.1) is 0 Å². The molecule has 0 unspecified atom stereocenters. The molecular weight excluding hydrogens is 431 g/mol. The molecule has 0 bridgehead atoms. The van der Waals surface area contributed by atoms with Crippen LogP contribution in [-0.2, 0) is 11.0 Å². The third-order valence-corrected chi connectivity index (χ3v) is 4.98. The van der Waals surface area contributed by atoms with E-state index in [1.54, 1.807) is 42.5 Å². The van der Waals surface area contributed by atoms with Crippen LogP contribution < -0.4 is 14.8 Å². The molecule has 2 aromatic carbocycles. The molecule has 1 heterocycles. The van der Waals surface area contributed by atoms with Gasteiger partial charge in [0.2, 0.25) is 11.7 Å². The fraction of sp³-hybridized carbons (Fsp3) is 0.286. The minimum atomic E-state index is -4.67. The minimum absolute atomic E-state index is 0.0820. The molecule has 0 aliphatic carbocycles. The number of halogens is 3. The molecular formula is C21H20F3N3O3S. The molecule has 3 aromatic rings. The largest absolute Gasteiger partial charge is 0.494 e. The highest BCUT2D eigenvalue weighted by atomic mass is 32.2. The average molecular weight is 451 g/mol. The van der Waals surface area contributed by atoms with E-state index in [2.05, 4.69) is 15.3 Å². The number of ether oxygens (including phenoxy) is 2. The highest BCUT2D eigenvalue weighted by Crippen LogP contribution is 2.31. The number of carbonyl (C=O) groups is 1. The molecule has 0 aliphatic heterocycles. The van der Waals surface area contributed by atoms with E-state index in [4.69, 9.17) is 9.47 Å². The van der Waals surface area contributed by atoms with Crippen molar-refractivity contribution in [3.8, 4) is 11.5 Å². The molecule has 3 rings (SSSR count). The first-order chi connectivity index (χ1) is 14.9. The summed E-state index contributed by atoms with van der Waals surface area (Å²) < 4.78 is 50.1. The van der Waals surface area contributed by atoms with Crippen LogP contribution in [0.1, 0.15) is 12.7 Å². The van der Waals surface area contributed by atoms with E-state index >= 15 is 0 Å². The molecule has 0 atom stereocenters. The molecule has 0 saturated heterocycles. The van der Waals surface area contributed by atoms with Gasteiger partial charge in [0, 0.05) is 5.39 Å². The van der Waals surface area contributed by atoms with Gasteiger partial charge in [0.25, 0.3) is 0 Å². The minimum Gasteiger partial charge on any atom is -0.494 e. The van der Waals surface area contributed by atoms with Crippen molar-refractivity contribution in [3.63, 3.8) is 0 Å². The number of para-hydroxylation sites is 1. The number of carbonyl (C=O) groups excluding carboxylic acids is 1. The van der Waals surface area contributed by atoms with E-state index in [0.29, 0.717) is 17.7 Å². The summed E-state index contributed by atoms with van der Waals surface area (Å²) in [7, 11) is 0. The first kappa shape index (κ1) is 22.7. The van der Waals surface area contributed by atoms with Crippen molar-refractivity contribution in [2.45, 2.75) is 18.1 Å². The summed E-state index contributed by atoms with van der Waals surface area (Å²) in [5.41, 5.74) is 0.177. The number of nitrogens with one attached hydrogen (secondary N) is 1. The Kier molecular flexibility index (Phi) is 7.56. The maximum absolute atomic E-state index is 13.1. The van der Waals surface area contributed by atoms with Crippen LogP contribution in [-0.4, -0.2) is 41.4 Å². The predicted molar refractivity (Wildman–Crippen MR) is 111 cm³/mol. The first-order valence-electron chi connectivity index (χ1n) is 9.46. The Morgan fingerprint density at radius 2 is 1.71 bits per heavy atom. The van der Waals surface area contributed by atoms with Crippen molar-refractivity contribution in [1.29, 1.82) is 0 Å². The monoisotopic (exact) mass is 451 g/mol. The molecule has 0 aliphatic rings. The molecule has 0 fully saturated rings. The van der Waals surface area contributed by atoms with Gasteiger partial charge >= 0.3 is 6.18 Å². The molecule has 1 amide bonds. The van der Waals surface area contributed by atoms with Crippen molar-refractivity contribution in [3.05, 3.63) is 54.4 Å². The Balaban J connectivity index is 1.51. The second-order valence-corrected chi connectivity index (χ2v) is 7.22. The van der Waals surface area contributed by atoms with Gasteiger partial charge < -0.3 is 14.8 Å². The highest BCUT2D eigenvalue weighted by Gasteiger charge is 2.35. The lowest BCUT2D eigenvalue weighted by Gasteiger charge is -2.11. The molecule has 164 valence electrons. The van der Waals surface area contributed by atoms with Crippen LogP contribution in [0.25, 0.3) is 10.9 Å². The number of benzene rings is 2. The summed E-state index contributed by atoms with van der Waals surface area (Å²) in [5, 5.41) is 3.25. The molecule has 10 heteroatoms. The van der Waals surface area contributed by atoms with Gasteiger partial charge in [0.05, 0.1) is 24.4 Å². The second kappa shape index (κ2) is 10.3. The zero-order chi connectivity index (χ0) is 22.3. The zero-order valence-electron chi connectivity index (χ0n) is 16.6. The summed E-state index contributed by atoms with van der Waals surface area (Å²) in [6, 6.07) is 13.5. The number of nitrogens with zero attached hydrogens (tertiary/aromatic N) is 2. The van der Waals surface area contributed by atoms with Crippen molar-refractivity contribution < 1.29 is 27.4 Å². The van der Waals surface area contributed by atoms with Gasteiger partial charge in [-0.05, 0) is 37.3 Å². The number of hydrogen-bond donors (Lipinski definition) is 1. The number of alkyl halides is 3. The molecule has 6 nitrogen and oxygen atoms in total. The average Bonchev–Trinajstić information content (AvgIpc) is 2.75. The van der Waals surface area contributed by atoms with E-state index in [9.17, 15) is 18.0 Å². The van der Waals surface area contributed by atoms with Crippen LogP contribution in [0.3, 0.4) is 0 Å². The lowest BCUT2D eigenvalue weighted by Crippen LogP contribution is -2.29. The summed E-state index contributed by atoms with van der Waals surface area (Å²) in [5.74, 6) is -0.263. The summed E-state index contributed by atoms with van der Waals surface area (Å²) in [6.45, 7) is 2.98. The van der Waals surface area contributed by atoms with Crippen molar-refractivity contribution in [2.75, 3.05) is 25.5 Å². The molecule has 1 aromatic heterocycles. The van der Waals surface area contributed by atoms with Gasteiger partial charge in [-0.1, -0.05) is 30.0 Å². The number of fused-ring (bicyclic) bond motifs is 1. The normalized spacial score (nSPS) is 11.4. The van der Waals surface area contributed by atoms with Crippen LogP contribution in [0.5, 0.6) is 11.5 Å². The van der Waals surface area contributed by atoms with E-state index < -0.39 is 12.0 Å². The zero-order valence-corrected chi connectivity index (χ0v) is 17.4. The van der Waals surface area contributed by atoms with Crippen LogP contribution in [0.2, 0.25) is 0 Å². The van der Waals surface area contributed by atoms with Crippen molar-refractivity contribution >= 4 is 28.6 Å². The number of rotatable bonds is 9. The third kappa shape index (κ3) is 6.48. The molecule has 0 radical (unpaired) electrons. The lowest BCUT2D eigenvalue weighted by molar-refractivity contribution is -0.145. The molecule has 0 spiro atoms. The van der Waals surface area contributed by atoms with E-state index in [1.807, 2.05) is 6.92 Å². The Labute approximate surface area is 181 Å². The van der Waals surface area contributed by atoms with E-state index in [-0.39, 0.29) is 35.4 Å². The molecule has 0 saturated carbocycles. The fourth-order valence-electron chi connectivity index (χ4n) is 2.63. The summed E-state index contributed by atoms with van der Waals surface area (Å²) in [6.07, 6.45) is -4.67. The third-order valence-electron chi connectivity index (χ3n) is 3.99. The van der Waals surface area contributed by atoms with Gasteiger partial charge in [-0.3, -0.25) is 4.79 Å². The van der Waals surface area contributed by atoms with Gasteiger partial charge in [-0.25, -0.2) is 9.97 Å². The van der Waals surface area contributed by atoms with Gasteiger partial charge in [0.1, 0.15) is 23.1 Å². The first-order valence-corrected chi connectivity index (χ1v) is 10.4. The van der Waals surface area contributed by atoms with Crippen LogP contribution >= 0.6 is 11.8 Å². The van der Waals surface area contributed by atoms with E-state index in [0.717, 1.165) is 17.5 Å². The van der Waals surface area contributed by atoms with Crippen LogP contribution in [0.4, 0.5) is 13.2 Å². The smallest absolute Gasteiger partial charge is 0.451 e. The van der Waals surface area contributed by atoms with Gasteiger partial charge in [-0.2, -0.15) is 13.2 Å². The standard InChI is InChI=1S/C21H20F3N3O3S/c1-2-29-14-7-9-15(10-8-14)30-12-11-25-18(28)13-31-19-16-5-3-4-6-17(16)26-20(27-19)21(22,23)24/h3-10H,2,11-13H2,1H3,(H,25,28). The summed E-state index contributed by atoms with van der Waals surface area (Å²) in [4.78, 5) is 19.3. The van der Waals surface area contributed by atoms with Gasteiger partial charge in [-0.15, -0.1) is 0 Å². The fourth-order valence-corrected chi connectivity index (χ4v) is 3.48. The SMILES string of the molecule is CCOc1ccc(OCCNC(=O)CSc2nc(C(F)(F)F)nc3ccccc23)cc1. The Hall–Kier alpha value is -3.01. The second-order valence-electron chi connectivity index (χ2n) is 6.26. The Bertz CT molecular complexity index is 1030. The predicted octanol–water partition coefficient (Wildman–Crippen LogP) is 4.33. The van der Waals surface area contributed by atoms with E-state index in [1.165, 1.54) is 6.07 Å². The number of hydrogen-bond acceptors (Lipinski definition) is 6. The Morgan fingerprint density at radius 1 is 1.03 bits per heavy atom. The molecule has 1 N–H and O–H groups in total. The highest BCUT2D eigenvalue weighted by molar-refractivity contribution is 8.00. The Morgan fingerprint density at radius 3 is 2.39 bits per heavy atom.